The van der Waals surface area contributed by atoms with E-state index in [0.717, 1.165) is 23.3 Å². The summed E-state index contributed by atoms with van der Waals surface area (Å²) >= 11 is 0. The van der Waals surface area contributed by atoms with Crippen LogP contribution in [0.1, 0.15) is 23.7 Å². The van der Waals surface area contributed by atoms with Crippen LogP contribution in [-0.2, 0) is 0 Å². The van der Waals surface area contributed by atoms with Crippen LogP contribution in [0.2, 0.25) is 0 Å². The van der Waals surface area contributed by atoms with Crippen molar-refractivity contribution in [2.75, 3.05) is 13.7 Å². The van der Waals surface area contributed by atoms with Crippen LogP contribution in [0.5, 0.6) is 5.75 Å². The summed E-state index contributed by atoms with van der Waals surface area (Å²) in [5.41, 5.74) is 2.93. The molecule has 1 amide bonds. The summed E-state index contributed by atoms with van der Waals surface area (Å²) in [5, 5.41) is 3.99. The molecule has 2 aromatic rings. The Bertz CT molecular complexity index is 703. The lowest BCUT2D eigenvalue weighted by Gasteiger charge is -2.20. The van der Waals surface area contributed by atoms with Gasteiger partial charge < -0.3 is 14.2 Å². The molecule has 1 aliphatic heterocycles. The van der Waals surface area contributed by atoms with Crippen LogP contribution in [-0.4, -0.2) is 35.7 Å². The molecule has 1 aromatic carbocycles. The fraction of sp³-hybridized carbons (Fsp3) is 0.294. The second-order valence-electron chi connectivity index (χ2n) is 5.54. The minimum atomic E-state index is -0.0711. The van der Waals surface area contributed by atoms with Gasteiger partial charge in [-0.2, -0.15) is 0 Å². The van der Waals surface area contributed by atoms with Crippen molar-refractivity contribution in [3.8, 4) is 17.0 Å². The van der Waals surface area contributed by atoms with Crippen LogP contribution in [0.15, 0.2) is 47.2 Å². The zero-order valence-corrected chi connectivity index (χ0v) is 12.7. The Kier molecular flexibility index (Phi) is 3.71. The normalized spacial score (nSPS) is 17.8. The molecule has 0 radical (unpaired) electrons. The van der Waals surface area contributed by atoms with Gasteiger partial charge in [-0.15, -0.1) is 0 Å². The van der Waals surface area contributed by atoms with Crippen molar-refractivity contribution in [3.63, 3.8) is 0 Å². The maximum Gasteiger partial charge on any atom is 0.260 e. The second kappa shape index (κ2) is 5.67. The standard InChI is InChI=1S/C17H18N2O3/c1-11-8-12(2)19(9-11)17(20)15-10-22-18-16(15)13-4-6-14(21-3)7-5-13/h4-7,10,12H,1,8-9H2,2-3H3. The molecule has 3 rings (SSSR count). The Morgan fingerprint density at radius 1 is 1.41 bits per heavy atom. The van der Waals surface area contributed by atoms with Crippen molar-refractivity contribution >= 4 is 5.91 Å². The molecule has 1 saturated heterocycles. The SMILES string of the molecule is C=C1CC(C)N(C(=O)c2conc2-c2ccc(OC)cc2)C1. The molecule has 114 valence electrons. The van der Waals surface area contributed by atoms with Crippen molar-refractivity contribution < 1.29 is 14.1 Å². The molecule has 0 aliphatic carbocycles. The lowest BCUT2D eigenvalue weighted by Crippen LogP contribution is -2.33. The quantitative estimate of drug-likeness (QED) is 0.817. The van der Waals surface area contributed by atoms with Gasteiger partial charge in [-0.25, -0.2) is 0 Å². The van der Waals surface area contributed by atoms with Crippen LogP contribution >= 0.6 is 0 Å². The van der Waals surface area contributed by atoms with Crippen molar-refractivity contribution in [1.29, 1.82) is 0 Å². The van der Waals surface area contributed by atoms with Gasteiger partial charge in [0.25, 0.3) is 5.91 Å². The van der Waals surface area contributed by atoms with E-state index < -0.39 is 0 Å². The van der Waals surface area contributed by atoms with Crippen LogP contribution in [0.4, 0.5) is 0 Å². The molecule has 1 unspecified atom stereocenters. The van der Waals surface area contributed by atoms with Gasteiger partial charge in [0.1, 0.15) is 23.3 Å². The van der Waals surface area contributed by atoms with Gasteiger partial charge in [0.2, 0.25) is 0 Å². The molecule has 1 atom stereocenters. The zero-order chi connectivity index (χ0) is 15.7. The average molecular weight is 298 g/mol. The molecule has 0 saturated carbocycles. The Labute approximate surface area is 129 Å². The highest BCUT2D eigenvalue weighted by molar-refractivity contribution is 6.00. The highest BCUT2D eigenvalue weighted by Crippen LogP contribution is 2.28. The summed E-state index contributed by atoms with van der Waals surface area (Å²) in [7, 11) is 1.61. The van der Waals surface area contributed by atoms with E-state index in [1.54, 1.807) is 7.11 Å². The molecule has 2 heterocycles. The number of aromatic nitrogens is 1. The molecule has 0 N–H and O–H groups in total. The predicted octanol–water partition coefficient (Wildman–Crippen LogP) is 3.14. The third-order valence-electron chi connectivity index (χ3n) is 3.93. The summed E-state index contributed by atoms with van der Waals surface area (Å²) in [6, 6.07) is 7.54. The van der Waals surface area contributed by atoms with E-state index in [9.17, 15) is 4.79 Å². The van der Waals surface area contributed by atoms with Gasteiger partial charge >= 0.3 is 0 Å². The van der Waals surface area contributed by atoms with E-state index in [1.165, 1.54) is 6.26 Å². The summed E-state index contributed by atoms with van der Waals surface area (Å²) < 4.78 is 10.2. The third-order valence-corrected chi connectivity index (χ3v) is 3.93. The molecular formula is C17H18N2O3. The lowest BCUT2D eigenvalue weighted by molar-refractivity contribution is 0.0750. The number of carbonyl (C=O) groups excluding carboxylic acids is 1. The third kappa shape index (κ3) is 2.50. The zero-order valence-electron chi connectivity index (χ0n) is 12.7. The van der Waals surface area contributed by atoms with Crippen molar-refractivity contribution in [2.24, 2.45) is 0 Å². The summed E-state index contributed by atoms with van der Waals surface area (Å²) in [6.45, 7) is 6.59. The molecule has 1 fully saturated rings. The Hall–Kier alpha value is -2.56. The van der Waals surface area contributed by atoms with E-state index in [2.05, 4.69) is 11.7 Å². The second-order valence-corrected chi connectivity index (χ2v) is 5.54. The number of carbonyl (C=O) groups is 1. The number of nitrogens with zero attached hydrogens (tertiary/aromatic N) is 2. The average Bonchev–Trinajstić information content (AvgIpc) is 3.13. The number of ether oxygens (including phenoxy) is 1. The minimum Gasteiger partial charge on any atom is -0.497 e. The van der Waals surface area contributed by atoms with Gasteiger partial charge in [-0.1, -0.05) is 17.3 Å². The monoisotopic (exact) mass is 298 g/mol. The fourth-order valence-electron chi connectivity index (χ4n) is 2.76. The van der Waals surface area contributed by atoms with Crippen LogP contribution in [0, 0.1) is 0 Å². The smallest absolute Gasteiger partial charge is 0.260 e. The van der Waals surface area contributed by atoms with Crippen LogP contribution in [0.3, 0.4) is 0 Å². The van der Waals surface area contributed by atoms with Crippen molar-refractivity contribution in [2.45, 2.75) is 19.4 Å². The number of benzene rings is 1. The number of likely N-dealkylation sites (tertiary alicyclic amines) is 1. The topological polar surface area (TPSA) is 55.6 Å². The molecule has 22 heavy (non-hydrogen) atoms. The van der Waals surface area contributed by atoms with Crippen LogP contribution < -0.4 is 4.74 Å². The molecule has 1 aliphatic rings. The van der Waals surface area contributed by atoms with E-state index in [0.29, 0.717) is 17.8 Å². The molecule has 5 heteroatoms. The molecule has 0 bridgehead atoms. The van der Waals surface area contributed by atoms with Crippen molar-refractivity contribution in [3.05, 3.63) is 48.2 Å². The van der Waals surface area contributed by atoms with Gasteiger partial charge in [0.05, 0.1) is 7.11 Å². The molecule has 0 spiro atoms. The number of amides is 1. The van der Waals surface area contributed by atoms with Crippen LogP contribution in [0.25, 0.3) is 11.3 Å². The summed E-state index contributed by atoms with van der Waals surface area (Å²) in [5.74, 6) is 0.683. The molecule has 1 aromatic heterocycles. The number of hydrogen-bond donors (Lipinski definition) is 0. The highest BCUT2D eigenvalue weighted by Gasteiger charge is 2.31. The van der Waals surface area contributed by atoms with Crippen molar-refractivity contribution in [1.82, 2.24) is 10.1 Å². The summed E-state index contributed by atoms with van der Waals surface area (Å²) in [6.07, 6.45) is 2.25. The number of hydrogen-bond acceptors (Lipinski definition) is 4. The first kappa shape index (κ1) is 14.4. The first-order valence-corrected chi connectivity index (χ1v) is 7.16. The van der Waals surface area contributed by atoms with Gasteiger partial charge in [0.15, 0.2) is 0 Å². The first-order valence-electron chi connectivity index (χ1n) is 7.16. The maximum absolute atomic E-state index is 12.7. The minimum absolute atomic E-state index is 0.0711. The van der Waals surface area contributed by atoms with E-state index in [4.69, 9.17) is 9.26 Å². The molecular weight excluding hydrogens is 280 g/mol. The van der Waals surface area contributed by atoms with Gasteiger partial charge in [0, 0.05) is 18.2 Å². The Morgan fingerprint density at radius 2 is 2.14 bits per heavy atom. The largest absolute Gasteiger partial charge is 0.497 e. The van der Waals surface area contributed by atoms with Gasteiger partial charge in [-0.05, 0) is 37.6 Å². The van der Waals surface area contributed by atoms with Gasteiger partial charge in [-0.3, -0.25) is 4.79 Å². The Balaban J connectivity index is 1.91. The lowest BCUT2D eigenvalue weighted by atomic mass is 10.1. The number of rotatable bonds is 3. The molecule has 5 nitrogen and oxygen atoms in total. The fourth-order valence-corrected chi connectivity index (χ4v) is 2.76. The summed E-state index contributed by atoms with van der Waals surface area (Å²) in [4.78, 5) is 14.5. The number of methoxy groups -OCH3 is 1. The van der Waals surface area contributed by atoms with E-state index in [-0.39, 0.29) is 11.9 Å². The first-order chi connectivity index (χ1) is 10.6. The predicted molar refractivity (Wildman–Crippen MR) is 82.7 cm³/mol. The maximum atomic E-state index is 12.7. The van der Waals surface area contributed by atoms with E-state index in [1.807, 2.05) is 36.1 Å². The van der Waals surface area contributed by atoms with E-state index >= 15 is 0 Å². The Morgan fingerprint density at radius 3 is 2.73 bits per heavy atom. The highest BCUT2D eigenvalue weighted by atomic mass is 16.5.